The fourth-order valence-corrected chi connectivity index (χ4v) is 1.82. The van der Waals surface area contributed by atoms with Crippen molar-refractivity contribution in [1.82, 2.24) is 0 Å². The lowest BCUT2D eigenvalue weighted by Crippen LogP contribution is -2.24. The van der Waals surface area contributed by atoms with E-state index in [0.717, 1.165) is 19.3 Å². The maximum Gasteiger partial charge on any atom is 0.669 e. The predicted molar refractivity (Wildman–Crippen MR) is 83.9 cm³/mol. The fraction of sp³-hybridized carbons (Fsp3) is 1.00. The molecule has 1 unspecified atom stereocenters. The van der Waals surface area contributed by atoms with Crippen LogP contribution in [0.25, 0.3) is 0 Å². The van der Waals surface area contributed by atoms with Gasteiger partial charge in [-0.2, -0.15) is 4.86 Å². The van der Waals surface area contributed by atoms with Crippen LogP contribution in [0, 0.1) is 0 Å². The van der Waals surface area contributed by atoms with Crippen LogP contribution in [-0.2, 0) is 9.51 Å². The average molecular weight is 292 g/mol. The molecule has 0 fully saturated rings. The lowest BCUT2D eigenvalue weighted by molar-refractivity contribution is -0.0749. The maximum absolute atomic E-state index is 11.4. The summed E-state index contributed by atoms with van der Waals surface area (Å²) in [5.74, 6) is 0. The Hall–Kier alpha value is -0.125. The molecule has 1 atom stereocenters. The van der Waals surface area contributed by atoms with Crippen LogP contribution in [0.3, 0.4) is 0 Å². The van der Waals surface area contributed by atoms with Crippen molar-refractivity contribution in [3.8, 4) is 0 Å². The van der Waals surface area contributed by atoms with Gasteiger partial charge in [0.25, 0.3) is 0 Å². The molecule has 0 heterocycles. The molecule has 122 valence electrons. The molecule has 0 aliphatic rings. The molecule has 1 N–H and O–H groups in total. The Morgan fingerprint density at radius 2 is 1.35 bits per heavy atom. The van der Waals surface area contributed by atoms with Crippen LogP contribution in [0.4, 0.5) is 4.53 Å². The average Bonchev–Trinajstić information content (AvgIpc) is 2.45. The Kier molecular flexibility index (Phi) is 20.9. The van der Waals surface area contributed by atoms with E-state index in [9.17, 15) is 4.53 Å². The van der Waals surface area contributed by atoms with Gasteiger partial charge in [-0.15, -0.1) is 0 Å². The molecule has 0 amide bonds. The van der Waals surface area contributed by atoms with Gasteiger partial charge in [0.1, 0.15) is 0 Å². The molecular weight excluding hydrogens is 258 g/mol. The summed E-state index contributed by atoms with van der Waals surface area (Å²) in [6, 6.07) is 0. The zero-order valence-corrected chi connectivity index (χ0v) is 13.9. The smallest absolute Gasteiger partial charge is 0.400 e. The minimum atomic E-state index is -1.74. The van der Waals surface area contributed by atoms with Crippen molar-refractivity contribution in [2.45, 2.75) is 98.0 Å². The normalized spacial score (nSPS) is 11.7. The molecule has 0 saturated heterocycles. The quantitative estimate of drug-likeness (QED) is 0.396. The molecule has 0 bridgehead atoms. The third-order valence-electron chi connectivity index (χ3n) is 3.10. The van der Waals surface area contributed by atoms with Crippen molar-refractivity contribution in [2.24, 2.45) is 0 Å². The molecule has 0 aliphatic carbocycles. The van der Waals surface area contributed by atoms with Crippen molar-refractivity contribution in [3.05, 3.63) is 0 Å². The van der Waals surface area contributed by atoms with Crippen LogP contribution in [0.5, 0.6) is 0 Å². The van der Waals surface area contributed by atoms with E-state index in [4.69, 9.17) is 9.68 Å². The summed E-state index contributed by atoms with van der Waals surface area (Å²) >= 11 is 0. The van der Waals surface area contributed by atoms with E-state index in [1.807, 2.05) is 0 Å². The Bertz CT molecular complexity index is 169. The van der Waals surface area contributed by atoms with Crippen LogP contribution in [0.1, 0.15) is 91.9 Å². The lowest BCUT2D eigenvalue weighted by Gasteiger charge is -2.12. The third kappa shape index (κ3) is 20.2. The molecule has 0 radical (unpaired) electrons. The highest BCUT2D eigenvalue weighted by Gasteiger charge is 2.19. The molecule has 0 saturated carbocycles. The third-order valence-corrected chi connectivity index (χ3v) is 3.10. The van der Waals surface area contributed by atoms with Gasteiger partial charge < -0.3 is 9.68 Å². The molecule has 5 heteroatoms. The maximum atomic E-state index is 11.4. The molecule has 0 aromatic carbocycles. The van der Waals surface area contributed by atoms with E-state index in [2.05, 4.69) is 25.6 Å². The van der Waals surface area contributed by atoms with Gasteiger partial charge in [-0.25, -0.2) is 0 Å². The first-order chi connectivity index (χ1) is 9.62. The molecule has 0 aliphatic heterocycles. The summed E-state index contributed by atoms with van der Waals surface area (Å²) in [4.78, 5) is 3.10. The van der Waals surface area contributed by atoms with E-state index in [-0.39, 0.29) is 6.10 Å². The largest absolute Gasteiger partial charge is 0.669 e. The first-order valence-electron chi connectivity index (χ1n) is 8.23. The molecule has 20 heavy (non-hydrogen) atoms. The van der Waals surface area contributed by atoms with E-state index < -0.39 is 7.32 Å². The highest BCUT2D eigenvalue weighted by molar-refractivity contribution is 6.34. The molecule has 0 aromatic rings. The van der Waals surface area contributed by atoms with Crippen molar-refractivity contribution in [2.75, 3.05) is 0 Å². The summed E-state index contributed by atoms with van der Waals surface area (Å²) < 4.78 is 16.1. The highest BCUT2D eigenvalue weighted by Crippen LogP contribution is 2.09. The number of hydrogen-bond donors (Lipinski definition) is 1. The summed E-state index contributed by atoms with van der Waals surface area (Å²) in [5, 5.41) is 8.65. The van der Waals surface area contributed by atoms with E-state index in [1.54, 1.807) is 6.92 Å². The minimum Gasteiger partial charge on any atom is -0.400 e. The zero-order valence-electron chi connectivity index (χ0n) is 13.9. The number of unbranched alkanes of at least 4 members (excludes halogenated alkanes) is 7. The Balaban J connectivity index is 0. The molecule has 0 spiro atoms. The van der Waals surface area contributed by atoms with Crippen molar-refractivity contribution in [1.29, 1.82) is 0 Å². The van der Waals surface area contributed by atoms with E-state index in [0.29, 0.717) is 0 Å². The second-order valence-electron chi connectivity index (χ2n) is 5.25. The predicted octanol–water partition coefficient (Wildman–Crippen LogP) is 5.22. The summed E-state index contributed by atoms with van der Waals surface area (Å²) in [6.07, 6.45) is 12.1. The SMILES string of the molecule is CCCCCC.CCCCCCCC(C)OB(O)OF. The van der Waals surface area contributed by atoms with E-state index >= 15 is 0 Å². The van der Waals surface area contributed by atoms with Crippen LogP contribution < -0.4 is 0 Å². The first kappa shape index (κ1) is 22.2. The van der Waals surface area contributed by atoms with E-state index in [1.165, 1.54) is 44.9 Å². The molecule has 0 aromatic heterocycles. The molecule has 3 nitrogen and oxygen atoms in total. The number of hydrogen-bond acceptors (Lipinski definition) is 3. The second kappa shape index (κ2) is 18.9. The second-order valence-corrected chi connectivity index (χ2v) is 5.25. The zero-order chi connectivity index (χ0) is 15.6. The van der Waals surface area contributed by atoms with Gasteiger partial charge in [-0.05, 0) is 13.3 Å². The van der Waals surface area contributed by atoms with Gasteiger partial charge in [-0.1, -0.05) is 83.1 Å². The van der Waals surface area contributed by atoms with Crippen LogP contribution in [0.2, 0.25) is 0 Å². The van der Waals surface area contributed by atoms with Gasteiger partial charge in [0, 0.05) is 6.10 Å². The topological polar surface area (TPSA) is 38.7 Å². The standard InChI is InChI=1S/C9H20BFO3.C6H14/c1-3-4-5-6-7-8-9(2)13-10(12)14-11;1-3-5-6-4-2/h9,12H,3-8H2,1-2H3;3-6H2,1-2H3. The Morgan fingerprint density at radius 1 is 0.900 bits per heavy atom. The van der Waals surface area contributed by atoms with Gasteiger partial charge in [0.05, 0.1) is 0 Å². The van der Waals surface area contributed by atoms with Gasteiger partial charge >= 0.3 is 7.32 Å². The summed E-state index contributed by atoms with van der Waals surface area (Å²) in [5.41, 5.74) is 0. The first-order valence-corrected chi connectivity index (χ1v) is 8.23. The fourth-order valence-electron chi connectivity index (χ4n) is 1.82. The van der Waals surface area contributed by atoms with Crippen molar-refractivity contribution < 1.29 is 19.1 Å². The summed E-state index contributed by atoms with van der Waals surface area (Å²) in [7, 11) is -1.74. The van der Waals surface area contributed by atoms with Gasteiger partial charge in [0.2, 0.25) is 0 Å². The Labute approximate surface area is 125 Å². The number of halogens is 1. The van der Waals surface area contributed by atoms with Crippen LogP contribution in [0.15, 0.2) is 0 Å². The van der Waals surface area contributed by atoms with Gasteiger partial charge in [0.15, 0.2) is 0 Å². The summed E-state index contributed by atoms with van der Waals surface area (Å²) in [6.45, 7) is 8.42. The highest BCUT2D eigenvalue weighted by atomic mass is 19.3. The van der Waals surface area contributed by atoms with Gasteiger partial charge in [-0.3, -0.25) is 0 Å². The van der Waals surface area contributed by atoms with Crippen molar-refractivity contribution >= 4 is 7.32 Å². The minimum absolute atomic E-state index is 0.164. The molecule has 0 rings (SSSR count). The monoisotopic (exact) mass is 292 g/mol. The van der Waals surface area contributed by atoms with Crippen LogP contribution >= 0.6 is 0 Å². The molecular formula is C15H34BFO3. The lowest BCUT2D eigenvalue weighted by atomic mass is 10.1. The van der Waals surface area contributed by atoms with Crippen LogP contribution in [-0.4, -0.2) is 18.4 Å². The van der Waals surface area contributed by atoms with Crippen molar-refractivity contribution in [3.63, 3.8) is 0 Å². The Morgan fingerprint density at radius 3 is 1.80 bits per heavy atom. The number of rotatable bonds is 12.